The van der Waals surface area contributed by atoms with Crippen molar-refractivity contribution >= 4 is 34.0 Å². The van der Waals surface area contributed by atoms with Gasteiger partial charge in [-0.3, -0.25) is 4.79 Å². The van der Waals surface area contributed by atoms with Crippen LogP contribution in [0.25, 0.3) is 0 Å². The topological polar surface area (TPSA) is 86.2 Å². The van der Waals surface area contributed by atoms with Gasteiger partial charge in [0, 0.05) is 10.0 Å². The van der Waals surface area contributed by atoms with Gasteiger partial charge in [0.05, 0.1) is 18.4 Å². The van der Waals surface area contributed by atoms with Crippen LogP contribution in [0.15, 0.2) is 76.3 Å². The van der Waals surface area contributed by atoms with E-state index in [4.69, 9.17) is 14.2 Å². The molecule has 176 valence electrons. The summed E-state index contributed by atoms with van der Waals surface area (Å²) in [7, 11) is 0. The fourth-order valence-electron chi connectivity index (χ4n) is 2.90. The average Bonchev–Trinajstić information content (AvgIpc) is 2.85. The molecule has 0 aromatic heterocycles. The Kier molecular flexibility index (Phi) is 9.22. The van der Waals surface area contributed by atoms with Crippen molar-refractivity contribution < 1.29 is 23.8 Å². The molecule has 3 aromatic carbocycles. The Hall–Kier alpha value is -3.65. The van der Waals surface area contributed by atoms with E-state index in [2.05, 4.69) is 33.4 Å². The highest BCUT2D eigenvalue weighted by Crippen LogP contribution is 2.23. The summed E-state index contributed by atoms with van der Waals surface area (Å²) < 4.78 is 17.2. The summed E-state index contributed by atoms with van der Waals surface area (Å²) in [6.07, 6.45) is 2.34. The van der Waals surface area contributed by atoms with Crippen molar-refractivity contribution in [2.45, 2.75) is 20.3 Å². The lowest BCUT2D eigenvalue weighted by atomic mass is 10.2. The highest BCUT2D eigenvalue weighted by Gasteiger charge is 2.12. The molecule has 1 amide bonds. The quantitative estimate of drug-likeness (QED) is 0.171. The molecule has 7 nitrogen and oxygen atoms in total. The first-order chi connectivity index (χ1) is 16.5. The Morgan fingerprint density at radius 3 is 2.29 bits per heavy atom. The van der Waals surface area contributed by atoms with Crippen LogP contribution in [0.5, 0.6) is 17.2 Å². The van der Waals surface area contributed by atoms with Crippen molar-refractivity contribution in [1.82, 2.24) is 5.43 Å². The van der Waals surface area contributed by atoms with Gasteiger partial charge in [-0.25, -0.2) is 10.2 Å². The fraction of sp³-hybridized carbons (Fsp3) is 0.192. The van der Waals surface area contributed by atoms with Crippen molar-refractivity contribution in [2.24, 2.45) is 5.10 Å². The van der Waals surface area contributed by atoms with E-state index >= 15 is 0 Å². The van der Waals surface area contributed by atoms with E-state index in [-0.39, 0.29) is 6.61 Å². The lowest BCUT2D eigenvalue weighted by Gasteiger charge is -2.09. The summed E-state index contributed by atoms with van der Waals surface area (Å²) in [4.78, 5) is 24.6. The molecule has 0 radical (unpaired) electrons. The Labute approximate surface area is 206 Å². The fourth-order valence-corrected chi connectivity index (χ4v) is 3.28. The van der Waals surface area contributed by atoms with Gasteiger partial charge in [-0.1, -0.05) is 35.0 Å². The van der Waals surface area contributed by atoms with Crippen LogP contribution < -0.4 is 19.6 Å². The second-order valence-corrected chi connectivity index (χ2v) is 8.02. The molecule has 34 heavy (non-hydrogen) atoms. The summed E-state index contributed by atoms with van der Waals surface area (Å²) in [6.45, 7) is 4.32. The van der Waals surface area contributed by atoms with Crippen molar-refractivity contribution in [3.63, 3.8) is 0 Å². The molecule has 0 saturated heterocycles. The first-order valence-corrected chi connectivity index (χ1v) is 11.6. The Morgan fingerprint density at radius 2 is 1.62 bits per heavy atom. The van der Waals surface area contributed by atoms with Gasteiger partial charge in [-0.2, -0.15) is 5.10 Å². The molecule has 0 aliphatic carbocycles. The third-order valence-corrected chi connectivity index (χ3v) is 5.16. The maximum Gasteiger partial charge on any atom is 0.343 e. The highest BCUT2D eigenvalue weighted by atomic mass is 79.9. The lowest BCUT2D eigenvalue weighted by Crippen LogP contribution is -2.24. The molecule has 1 N–H and O–H groups in total. The predicted molar refractivity (Wildman–Crippen MR) is 134 cm³/mol. The molecule has 8 heteroatoms. The number of aryl methyl sites for hydroxylation is 1. The van der Waals surface area contributed by atoms with E-state index in [1.165, 1.54) is 11.8 Å². The number of carbonyl (C=O) groups excluding carboxylic acids is 2. The summed E-state index contributed by atoms with van der Waals surface area (Å²) in [5, 5.41) is 3.96. The van der Waals surface area contributed by atoms with Crippen LogP contribution in [0, 0.1) is 0 Å². The zero-order chi connectivity index (χ0) is 24.3. The molecule has 3 aromatic rings. The highest BCUT2D eigenvalue weighted by molar-refractivity contribution is 9.10. The summed E-state index contributed by atoms with van der Waals surface area (Å²) in [5.74, 6) is 0.637. The molecule has 3 rings (SSSR count). The molecule has 0 aliphatic rings. The second kappa shape index (κ2) is 12.6. The van der Waals surface area contributed by atoms with Crippen molar-refractivity contribution in [1.29, 1.82) is 0 Å². The predicted octanol–water partition coefficient (Wildman–Crippen LogP) is 5.16. The molecule has 0 atom stereocenters. The maximum atomic E-state index is 12.6. The molecule has 0 bridgehead atoms. The van der Waals surface area contributed by atoms with E-state index in [1.54, 1.807) is 42.5 Å². The second-order valence-electron chi connectivity index (χ2n) is 7.11. The van der Waals surface area contributed by atoms with Gasteiger partial charge >= 0.3 is 5.97 Å². The van der Waals surface area contributed by atoms with Crippen LogP contribution >= 0.6 is 15.9 Å². The number of ether oxygens (including phenoxy) is 3. The number of hydrogen-bond donors (Lipinski definition) is 1. The number of nitrogens with zero attached hydrogens (tertiary/aromatic N) is 1. The number of rotatable bonds is 10. The Bertz CT molecular complexity index is 1140. The van der Waals surface area contributed by atoms with Crippen LogP contribution in [0.1, 0.15) is 35.3 Å². The minimum atomic E-state index is -0.522. The van der Waals surface area contributed by atoms with Crippen molar-refractivity contribution in [2.75, 3.05) is 13.2 Å². The molecule has 0 unspecified atom stereocenters. The zero-order valence-corrected chi connectivity index (χ0v) is 20.5. The molecule has 0 aliphatic heterocycles. The Balaban J connectivity index is 1.59. The molecule has 0 fully saturated rings. The van der Waals surface area contributed by atoms with E-state index < -0.39 is 11.9 Å². The van der Waals surface area contributed by atoms with Crippen molar-refractivity contribution in [3.8, 4) is 17.2 Å². The minimum Gasteiger partial charge on any atom is -0.494 e. The number of amides is 1. The van der Waals surface area contributed by atoms with Gasteiger partial charge in [-0.15, -0.1) is 0 Å². The van der Waals surface area contributed by atoms with Crippen LogP contribution in [-0.4, -0.2) is 31.3 Å². The lowest BCUT2D eigenvalue weighted by molar-refractivity contribution is -0.123. The van der Waals surface area contributed by atoms with Crippen molar-refractivity contribution in [3.05, 3.63) is 87.9 Å². The smallest absolute Gasteiger partial charge is 0.343 e. The third-order valence-electron chi connectivity index (χ3n) is 4.67. The standard InChI is InChI=1S/C26H25BrN2O5/c1-3-18-5-10-23(11-6-18)33-17-25(30)29-28-16-20-15-21(27)9-14-24(20)34-26(31)19-7-12-22(13-8-19)32-4-2/h5-16H,3-4,17H2,1-2H3,(H,29,30). The number of hydrogen-bond acceptors (Lipinski definition) is 6. The van der Waals surface area contributed by atoms with Crippen LogP contribution in [-0.2, 0) is 11.2 Å². The molecular weight excluding hydrogens is 500 g/mol. The van der Waals surface area contributed by atoms with E-state index in [1.807, 2.05) is 31.2 Å². The first kappa shape index (κ1) is 25.0. The zero-order valence-electron chi connectivity index (χ0n) is 18.9. The van der Waals surface area contributed by atoms with Gasteiger partial charge in [0.1, 0.15) is 17.2 Å². The minimum absolute atomic E-state index is 0.180. The average molecular weight is 525 g/mol. The third kappa shape index (κ3) is 7.45. The number of hydrazone groups is 1. The molecule has 0 spiro atoms. The van der Waals surface area contributed by atoms with Gasteiger partial charge in [0.2, 0.25) is 0 Å². The Morgan fingerprint density at radius 1 is 0.941 bits per heavy atom. The number of esters is 1. The first-order valence-electron chi connectivity index (χ1n) is 10.8. The monoisotopic (exact) mass is 524 g/mol. The summed E-state index contributed by atoms with van der Waals surface area (Å²) in [6, 6.07) is 19.3. The SMILES string of the molecule is CCOc1ccc(C(=O)Oc2ccc(Br)cc2C=NNC(=O)COc2ccc(CC)cc2)cc1. The number of nitrogens with one attached hydrogen (secondary N) is 1. The van der Waals surface area contributed by atoms with E-state index in [0.29, 0.717) is 35.0 Å². The number of benzene rings is 3. The van der Waals surface area contributed by atoms with Crippen LogP contribution in [0.2, 0.25) is 0 Å². The summed E-state index contributed by atoms with van der Waals surface area (Å²) in [5.41, 5.74) is 4.48. The van der Waals surface area contributed by atoms with E-state index in [9.17, 15) is 9.59 Å². The van der Waals surface area contributed by atoms with Gasteiger partial charge in [0.25, 0.3) is 5.91 Å². The van der Waals surface area contributed by atoms with Crippen LogP contribution in [0.3, 0.4) is 0 Å². The van der Waals surface area contributed by atoms with Crippen LogP contribution in [0.4, 0.5) is 0 Å². The van der Waals surface area contributed by atoms with E-state index in [0.717, 1.165) is 10.9 Å². The molecule has 0 heterocycles. The molecular formula is C26H25BrN2O5. The normalized spacial score (nSPS) is 10.7. The van der Waals surface area contributed by atoms with Gasteiger partial charge in [0.15, 0.2) is 6.61 Å². The maximum absolute atomic E-state index is 12.6. The largest absolute Gasteiger partial charge is 0.494 e. The number of halogens is 1. The summed E-state index contributed by atoms with van der Waals surface area (Å²) >= 11 is 3.39. The molecule has 0 saturated carbocycles. The van der Waals surface area contributed by atoms with Gasteiger partial charge < -0.3 is 14.2 Å². The van der Waals surface area contributed by atoms with Gasteiger partial charge in [-0.05, 0) is 73.5 Å². The number of carbonyl (C=O) groups is 2.